The summed E-state index contributed by atoms with van der Waals surface area (Å²) in [6, 6.07) is 12.4. The molecule has 108 valence electrons. The largest absolute Gasteiger partial charge is 0.321 e. The van der Waals surface area contributed by atoms with E-state index >= 15 is 0 Å². The number of hydrogen-bond donors (Lipinski definition) is 1. The average Bonchev–Trinajstić information content (AvgIpc) is 2.49. The molecule has 0 aliphatic rings. The summed E-state index contributed by atoms with van der Waals surface area (Å²) in [6.07, 6.45) is 1.80. The first kappa shape index (κ1) is 16.0. The second kappa shape index (κ2) is 7.55. The number of rotatable bonds is 5. The Balaban J connectivity index is 2.24. The molecule has 2 rings (SSSR count). The van der Waals surface area contributed by atoms with Crippen LogP contribution >= 0.6 is 35.0 Å². The monoisotopic (exact) mass is 337 g/mol. The minimum atomic E-state index is -0.216. The average molecular weight is 338 g/mol. The summed E-state index contributed by atoms with van der Waals surface area (Å²) in [5, 5.41) is 3.76. The molecule has 0 aromatic heterocycles. The van der Waals surface area contributed by atoms with Crippen molar-refractivity contribution >= 4 is 46.6 Å². The van der Waals surface area contributed by atoms with Gasteiger partial charge in [0, 0.05) is 15.7 Å². The topological polar surface area (TPSA) is 29.1 Å². The Morgan fingerprint density at radius 1 is 1.24 bits per heavy atom. The maximum atomic E-state index is 12.4. The smallest absolute Gasteiger partial charge is 0.256 e. The van der Waals surface area contributed by atoms with E-state index in [0.29, 0.717) is 21.3 Å². The summed E-state index contributed by atoms with van der Waals surface area (Å²) in [7, 11) is 0. The third kappa shape index (κ3) is 4.27. The number of carbonyl (C=O) groups excluding carboxylic acids is 1. The number of benzene rings is 2. The van der Waals surface area contributed by atoms with Crippen molar-refractivity contribution in [1.82, 2.24) is 0 Å². The highest BCUT2D eigenvalue weighted by molar-refractivity contribution is 7.99. The van der Waals surface area contributed by atoms with Gasteiger partial charge in [0.1, 0.15) is 0 Å². The number of carbonyl (C=O) groups is 1. The molecule has 2 aromatic rings. The predicted molar refractivity (Wildman–Crippen MR) is 91.8 cm³/mol. The maximum absolute atomic E-state index is 12.4. The highest BCUT2D eigenvalue weighted by atomic mass is 35.5. The number of anilines is 1. The van der Waals surface area contributed by atoms with Gasteiger partial charge in [-0.25, -0.2) is 0 Å². The van der Waals surface area contributed by atoms with E-state index in [1.165, 1.54) is 0 Å². The van der Waals surface area contributed by atoms with Crippen LogP contribution in [0.5, 0.6) is 0 Å². The summed E-state index contributed by atoms with van der Waals surface area (Å²) in [6.45, 7) is 3.69. The molecule has 21 heavy (non-hydrogen) atoms. The van der Waals surface area contributed by atoms with E-state index in [2.05, 4.69) is 11.9 Å². The van der Waals surface area contributed by atoms with Crippen molar-refractivity contribution in [2.24, 2.45) is 0 Å². The van der Waals surface area contributed by atoms with E-state index in [-0.39, 0.29) is 5.91 Å². The molecule has 0 bridgehead atoms. The van der Waals surface area contributed by atoms with Crippen LogP contribution < -0.4 is 5.32 Å². The molecule has 0 radical (unpaired) electrons. The molecular formula is C16H13Cl2NOS. The number of amides is 1. The minimum Gasteiger partial charge on any atom is -0.321 e. The van der Waals surface area contributed by atoms with E-state index in [1.807, 2.05) is 18.2 Å². The first-order chi connectivity index (χ1) is 10.1. The van der Waals surface area contributed by atoms with Gasteiger partial charge < -0.3 is 5.32 Å². The normalized spacial score (nSPS) is 10.2. The van der Waals surface area contributed by atoms with Gasteiger partial charge in [0.15, 0.2) is 0 Å². The zero-order chi connectivity index (χ0) is 15.2. The molecule has 0 saturated heterocycles. The zero-order valence-electron chi connectivity index (χ0n) is 11.1. The molecule has 2 aromatic carbocycles. The number of halogens is 2. The van der Waals surface area contributed by atoms with Crippen molar-refractivity contribution in [3.8, 4) is 0 Å². The van der Waals surface area contributed by atoms with Gasteiger partial charge in [0.05, 0.1) is 16.3 Å². The molecule has 2 nitrogen and oxygen atoms in total. The second-order valence-corrected chi connectivity index (χ2v) is 6.08. The third-order valence-corrected chi connectivity index (χ3v) is 4.30. The number of hydrogen-bond acceptors (Lipinski definition) is 2. The van der Waals surface area contributed by atoms with Gasteiger partial charge in [-0.05, 0) is 30.3 Å². The van der Waals surface area contributed by atoms with Crippen LogP contribution in [0.2, 0.25) is 10.0 Å². The minimum absolute atomic E-state index is 0.216. The lowest BCUT2D eigenvalue weighted by atomic mass is 10.2. The van der Waals surface area contributed by atoms with Crippen LogP contribution in [0.1, 0.15) is 10.4 Å². The molecule has 0 aliphatic heterocycles. The van der Waals surface area contributed by atoms with Gasteiger partial charge in [0.25, 0.3) is 5.91 Å². The molecule has 0 spiro atoms. The van der Waals surface area contributed by atoms with Gasteiger partial charge in [-0.15, -0.1) is 18.3 Å². The molecule has 0 saturated carbocycles. The van der Waals surface area contributed by atoms with Crippen molar-refractivity contribution in [3.05, 3.63) is 70.7 Å². The second-order valence-electron chi connectivity index (χ2n) is 4.17. The van der Waals surface area contributed by atoms with Crippen molar-refractivity contribution in [2.45, 2.75) is 4.90 Å². The van der Waals surface area contributed by atoms with Gasteiger partial charge in [-0.2, -0.15) is 0 Å². The highest BCUT2D eigenvalue weighted by Gasteiger charge is 2.13. The third-order valence-electron chi connectivity index (χ3n) is 2.66. The Hall–Kier alpha value is -1.42. The molecule has 0 atom stereocenters. The van der Waals surface area contributed by atoms with E-state index in [9.17, 15) is 4.79 Å². The van der Waals surface area contributed by atoms with Crippen LogP contribution in [0.25, 0.3) is 0 Å². The van der Waals surface area contributed by atoms with Gasteiger partial charge in [0.2, 0.25) is 0 Å². The van der Waals surface area contributed by atoms with Crippen LogP contribution in [0.3, 0.4) is 0 Å². The Labute approximate surface area is 138 Å². The Bertz CT molecular complexity index is 673. The molecule has 1 N–H and O–H groups in total. The van der Waals surface area contributed by atoms with Crippen LogP contribution in [0.15, 0.2) is 60.0 Å². The van der Waals surface area contributed by atoms with E-state index in [0.717, 1.165) is 10.6 Å². The van der Waals surface area contributed by atoms with Crippen molar-refractivity contribution in [1.29, 1.82) is 0 Å². The summed E-state index contributed by atoms with van der Waals surface area (Å²) < 4.78 is 0. The van der Waals surface area contributed by atoms with Crippen molar-refractivity contribution in [2.75, 3.05) is 11.1 Å². The Kier molecular flexibility index (Phi) is 5.74. The maximum Gasteiger partial charge on any atom is 0.256 e. The predicted octanol–water partition coefficient (Wildman–Crippen LogP) is 5.52. The van der Waals surface area contributed by atoms with Crippen LogP contribution in [-0.2, 0) is 0 Å². The molecule has 0 fully saturated rings. The molecule has 0 aliphatic carbocycles. The zero-order valence-corrected chi connectivity index (χ0v) is 13.4. The quantitative estimate of drug-likeness (QED) is 0.574. The standard InChI is InChI=1S/C16H13Cl2NOS/c1-2-9-21-15-6-4-3-5-12(15)16(20)19-14-10-11(17)7-8-13(14)18/h2-8,10H,1,9H2,(H,19,20). The fourth-order valence-corrected chi connectivity index (χ4v) is 2.84. The van der Waals surface area contributed by atoms with Crippen LogP contribution in [0, 0.1) is 0 Å². The fourth-order valence-electron chi connectivity index (χ4n) is 1.71. The summed E-state index contributed by atoms with van der Waals surface area (Å²) >= 11 is 13.5. The van der Waals surface area contributed by atoms with Crippen LogP contribution in [-0.4, -0.2) is 11.7 Å². The van der Waals surface area contributed by atoms with Gasteiger partial charge >= 0.3 is 0 Å². The van der Waals surface area contributed by atoms with E-state index in [1.54, 1.807) is 42.1 Å². The molecule has 1 amide bonds. The molecular weight excluding hydrogens is 325 g/mol. The van der Waals surface area contributed by atoms with Gasteiger partial charge in [-0.1, -0.05) is 41.4 Å². The lowest BCUT2D eigenvalue weighted by Gasteiger charge is -2.10. The highest BCUT2D eigenvalue weighted by Crippen LogP contribution is 2.28. The van der Waals surface area contributed by atoms with Gasteiger partial charge in [-0.3, -0.25) is 4.79 Å². The van der Waals surface area contributed by atoms with Crippen molar-refractivity contribution in [3.63, 3.8) is 0 Å². The van der Waals surface area contributed by atoms with Crippen LogP contribution in [0.4, 0.5) is 5.69 Å². The molecule has 5 heteroatoms. The fraction of sp³-hybridized carbons (Fsp3) is 0.0625. The summed E-state index contributed by atoms with van der Waals surface area (Å²) in [5.74, 6) is 0.522. The molecule has 0 unspecified atom stereocenters. The Morgan fingerprint density at radius 3 is 2.76 bits per heavy atom. The summed E-state index contributed by atoms with van der Waals surface area (Å²) in [5.41, 5.74) is 1.10. The lowest BCUT2D eigenvalue weighted by molar-refractivity contribution is 0.102. The Morgan fingerprint density at radius 2 is 2.00 bits per heavy atom. The SMILES string of the molecule is C=CCSc1ccccc1C(=O)Nc1cc(Cl)ccc1Cl. The number of nitrogens with one attached hydrogen (secondary N) is 1. The van der Waals surface area contributed by atoms with E-state index < -0.39 is 0 Å². The lowest BCUT2D eigenvalue weighted by Crippen LogP contribution is -2.13. The first-order valence-electron chi connectivity index (χ1n) is 6.21. The van der Waals surface area contributed by atoms with E-state index in [4.69, 9.17) is 23.2 Å². The summed E-state index contributed by atoms with van der Waals surface area (Å²) in [4.78, 5) is 13.3. The molecule has 0 heterocycles. The number of thioether (sulfide) groups is 1. The van der Waals surface area contributed by atoms with Crippen molar-refractivity contribution < 1.29 is 4.79 Å². The first-order valence-corrected chi connectivity index (χ1v) is 7.95.